The minimum atomic E-state index is -2.39. The van der Waals surface area contributed by atoms with Crippen LogP contribution in [0.3, 0.4) is 0 Å². The van der Waals surface area contributed by atoms with E-state index in [2.05, 4.69) is 0 Å². The van der Waals surface area contributed by atoms with Crippen LogP contribution in [0.2, 0.25) is 0 Å². The van der Waals surface area contributed by atoms with E-state index in [1.54, 1.807) is 24.3 Å². The highest BCUT2D eigenvalue weighted by atomic mass is 19.3. The van der Waals surface area contributed by atoms with Gasteiger partial charge in [0.2, 0.25) is 0 Å². The number of hydrogen-bond donors (Lipinski definition) is 2. The van der Waals surface area contributed by atoms with E-state index in [-0.39, 0.29) is 19.7 Å². The predicted octanol–water partition coefficient (Wildman–Crippen LogP) is 1.33. The summed E-state index contributed by atoms with van der Waals surface area (Å²) in [5, 5.41) is 8.77. The molecule has 0 aromatic heterocycles. The van der Waals surface area contributed by atoms with Crippen LogP contribution in [0.15, 0.2) is 24.3 Å². The van der Waals surface area contributed by atoms with Gasteiger partial charge in [-0.2, -0.15) is 0 Å². The van der Waals surface area contributed by atoms with E-state index in [0.717, 1.165) is 5.56 Å². The van der Waals surface area contributed by atoms with Crippen molar-refractivity contribution < 1.29 is 13.9 Å². The van der Waals surface area contributed by atoms with Crippen molar-refractivity contribution in [3.8, 4) is 0 Å². The summed E-state index contributed by atoms with van der Waals surface area (Å²) in [6, 6.07) is 7.06. The molecule has 0 spiro atoms. The Kier molecular flexibility index (Phi) is 5.14. The Morgan fingerprint density at radius 2 is 1.88 bits per heavy atom. The number of halogens is 2. The lowest BCUT2D eigenvalue weighted by Gasteiger charge is -2.20. The van der Waals surface area contributed by atoms with Crippen LogP contribution in [-0.2, 0) is 6.54 Å². The maximum absolute atomic E-state index is 12.2. The van der Waals surface area contributed by atoms with Gasteiger partial charge in [-0.1, -0.05) is 12.1 Å². The Hall–Kier alpha value is -1.20. The number of alkyl halides is 2. The molecule has 5 heteroatoms. The first-order valence-corrected chi connectivity index (χ1v) is 5.07. The predicted molar refractivity (Wildman–Crippen MR) is 59.2 cm³/mol. The first-order chi connectivity index (χ1) is 7.61. The molecule has 16 heavy (non-hydrogen) atoms. The number of nitrogens with two attached hydrogens (primary N) is 1. The van der Waals surface area contributed by atoms with Crippen molar-refractivity contribution in [1.29, 1.82) is 0 Å². The summed E-state index contributed by atoms with van der Waals surface area (Å²) in [6.07, 6.45) is -2.39. The van der Waals surface area contributed by atoms with Crippen LogP contribution in [0.5, 0.6) is 0 Å². The van der Waals surface area contributed by atoms with Crippen LogP contribution in [-0.4, -0.2) is 36.1 Å². The SMILES string of the molecule is Nc1ccc(CN(CCO)CC(F)F)cc1. The Morgan fingerprint density at radius 1 is 1.25 bits per heavy atom. The lowest BCUT2D eigenvalue weighted by atomic mass is 10.2. The molecule has 0 aliphatic heterocycles. The van der Waals surface area contributed by atoms with Crippen LogP contribution in [0.25, 0.3) is 0 Å². The Morgan fingerprint density at radius 3 is 2.38 bits per heavy atom. The zero-order valence-corrected chi connectivity index (χ0v) is 8.94. The molecule has 0 aliphatic carbocycles. The summed E-state index contributed by atoms with van der Waals surface area (Å²) >= 11 is 0. The largest absolute Gasteiger partial charge is 0.399 e. The molecule has 0 bridgehead atoms. The molecule has 0 amide bonds. The van der Waals surface area contributed by atoms with E-state index in [4.69, 9.17) is 10.8 Å². The second-order valence-corrected chi connectivity index (χ2v) is 3.59. The van der Waals surface area contributed by atoms with Gasteiger partial charge in [-0.05, 0) is 17.7 Å². The topological polar surface area (TPSA) is 49.5 Å². The molecule has 3 nitrogen and oxygen atoms in total. The van der Waals surface area contributed by atoms with Crippen molar-refractivity contribution >= 4 is 5.69 Å². The van der Waals surface area contributed by atoms with E-state index in [0.29, 0.717) is 12.2 Å². The van der Waals surface area contributed by atoms with E-state index in [1.165, 1.54) is 4.90 Å². The fourth-order valence-corrected chi connectivity index (χ4v) is 1.45. The molecule has 0 radical (unpaired) electrons. The third-order valence-corrected chi connectivity index (χ3v) is 2.20. The van der Waals surface area contributed by atoms with Crippen LogP contribution in [0, 0.1) is 0 Å². The molecule has 0 saturated heterocycles. The van der Waals surface area contributed by atoms with Gasteiger partial charge in [0.25, 0.3) is 6.43 Å². The lowest BCUT2D eigenvalue weighted by Crippen LogP contribution is -2.31. The number of benzene rings is 1. The molecule has 0 heterocycles. The summed E-state index contributed by atoms with van der Waals surface area (Å²) in [7, 11) is 0. The van der Waals surface area contributed by atoms with Crippen molar-refractivity contribution in [1.82, 2.24) is 4.90 Å². The van der Waals surface area contributed by atoms with Crippen LogP contribution in [0.1, 0.15) is 5.56 Å². The van der Waals surface area contributed by atoms with Gasteiger partial charge in [-0.25, -0.2) is 8.78 Å². The van der Waals surface area contributed by atoms with Gasteiger partial charge in [0.1, 0.15) is 0 Å². The highest BCUT2D eigenvalue weighted by molar-refractivity contribution is 5.39. The number of rotatable bonds is 6. The highest BCUT2D eigenvalue weighted by Gasteiger charge is 2.11. The molecule has 0 atom stereocenters. The number of aliphatic hydroxyl groups is 1. The third-order valence-electron chi connectivity index (χ3n) is 2.20. The van der Waals surface area contributed by atoms with E-state index in [9.17, 15) is 8.78 Å². The van der Waals surface area contributed by atoms with Gasteiger partial charge in [0, 0.05) is 18.8 Å². The average Bonchev–Trinajstić information content (AvgIpc) is 2.21. The van der Waals surface area contributed by atoms with Crippen molar-refractivity contribution in [3.63, 3.8) is 0 Å². The summed E-state index contributed by atoms with van der Waals surface area (Å²) in [5.41, 5.74) is 7.07. The first-order valence-electron chi connectivity index (χ1n) is 5.07. The smallest absolute Gasteiger partial charge is 0.251 e. The van der Waals surface area contributed by atoms with E-state index in [1.807, 2.05) is 0 Å². The summed E-state index contributed by atoms with van der Waals surface area (Å²) < 4.78 is 24.5. The molecule has 0 fully saturated rings. The minimum absolute atomic E-state index is 0.123. The zero-order chi connectivity index (χ0) is 12.0. The van der Waals surface area contributed by atoms with Crippen molar-refractivity contribution in [2.24, 2.45) is 0 Å². The molecule has 1 aromatic rings. The van der Waals surface area contributed by atoms with E-state index >= 15 is 0 Å². The van der Waals surface area contributed by atoms with Gasteiger partial charge in [0.05, 0.1) is 13.2 Å². The fourth-order valence-electron chi connectivity index (χ4n) is 1.45. The molecular formula is C11H16F2N2O. The summed E-state index contributed by atoms with van der Waals surface area (Å²) in [6.45, 7) is 0.187. The molecule has 90 valence electrons. The summed E-state index contributed by atoms with van der Waals surface area (Å²) in [5.74, 6) is 0. The molecule has 1 aromatic carbocycles. The van der Waals surface area contributed by atoms with Gasteiger partial charge < -0.3 is 10.8 Å². The lowest BCUT2D eigenvalue weighted by molar-refractivity contribution is 0.0746. The number of nitrogen functional groups attached to an aromatic ring is 1. The first kappa shape index (κ1) is 12.9. The molecule has 0 unspecified atom stereocenters. The molecule has 3 N–H and O–H groups in total. The van der Waals surface area contributed by atoms with Crippen molar-refractivity contribution in [2.45, 2.75) is 13.0 Å². The van der Waals surface area contributed by atoms with Crippen molar-refractivity contribution in [2.75, 3.05) is 25.4 Å². The Labute approximate surface area is 93.5 Å². The number of hydrogen-bond acceptors (Lipinski definition) is 3. The quantitative estimate of drug-likeness (QED) is 0.725. The molecular weight excluding hydrogens is 214 g/mol. The van der Waals surface area contributed by atoms with Crippen LogP contribution in [0.4, 0.5) is 14.5 Å². The van der Waals surface area contributed by atoms with Gasteiger partial charge in [0.15, 0.2) is 0 Å². The Bertz CT molecular complexity index is 303. The fraction of sp³-hybridized carbons (Fsp3) is 0.455. The third kappa shape index (κ3) is 4.55. The average molecular weight is 230 g/mol. The number of nitrogens with zero attached hydrogens (tertiary/aromatic N) is 1. The molecule has 1 rings (SSSR count). The van der Waals surface area contributed by atoms with Crippen molar-refractivity contribution in [3.05, 3.63) is 29.8 Å². The van der Waals surface area contributed by atoms with Crippen LogP contribution < -0.4 is 5.73 Å². The van der Waals surface area contributed by atoms with Gasteiger partial charge in [-0.15, -0.1) is 0 Å². The molecule has 0 aliphatic rings. The monoisotopic (exact) mass is 230 g/mol. The second kappa shape index (κ2) is 6.40. The summed E-state index contributed by atoms with van der Waals surface area (Å²) in [4.78, 5) is 1.51. The van der Waals surface area contributed by atoms with Crippen LogP contribution >= 0.6 is 0 Å². The second-order valence-electron chi connectivity index (χ2n) is 3.59. The van der Waals surface area contributed by atoms with Gasteiger partial charge >= 0.3 is 0 Å². The maximum atomic E-state index is 12.2. The standard InChI is InChI=1S/C11H16F2N2O/c12-11(13)8-15(5-6-16)7-9-1-3-10(14)4-2-9/h1-4,11,16H,5-8,14H2. The normalized spacial score (nSPS) is 11.3. The maximum Gasteiger partial charge on any atom is 0.251 e. The minimum Gasteiger partial charge on any atom is -0.399 e. The van der Waals surface area contributed by atoms with Gasteiger partial charge in [-0.3, -0.25) is 4.90 Å². The number of anilines is 1. The van der Waals surface area contributed by atoms with E-state index < -0.39 is 6.43 Å². The zero-order valence-electron chi connectivity index (χ0n) is 8.94. The molecule has 0 saturated carbocycles. The highest BCUT2D eigenvalue weighted by Crippen LogP contribution is 2.09. The number of aliphatic hydroxyl groups excluding tert-OH is 1. The Balaban J connectivity index is 2.56.